The second-order valence-electron chi connectivity index (χ2n) is 9.58. The number of rotatable bonds is 4. The molecule has 0 radical (unpaired) electrons. The fourth-order valence-corrected chi connectivity index (χ4v) is 5.75. The number of hydrogen-bond acceptors (Lipinski definition) is 4. The molecule has 0 atom stereocenters. The molecule has 0 unspecified atom stereocenters. The number of nitrogens with zero attached hydrogens (tertiary/aromatic N) is 4. The van der Waals surface area contributed by atoms with Crippen LogP contribution in [0.5, 0.6) is 5.75 Å². The van der Waals surface area contributed by atoms with Gasteiger partial charge in [-0.15, -0.1) is 0 Å². The lowest BCUT2D eigenvalue weighted by Crippen LogP contribution is -2.23. The molecule has 6 rings (SSSR count). The van der Waals surface area contributed by atoms with Crippen molar-refractivity contribution in [2.24, 2.45) is 7.05 Å². The Morgan fingerprint density at radius 3 is 2.80 bits per heavy atom. The Morgan fingerprint density at radius 2 is 2.06 bits per heavy atom. The van der Waals surface area contributed by atoms with Crippen LogP contribution in [-0.2, 0) is 31.2 Å². The van der Waals surface area contributed by atoms with Crippen molar-refractivity contribution in [1.29, 1.82) is 0 Å². The molecule has 1 aliphatic heterocycles. The highest BCUT2D eigenvalue weighted by molar-refractivity contribution is 6.21. The molecule has 0 saturated carbocycles. The van der Waals surface area contributed by atoms with E-state index < -0.39 is 0 Å². The molecule has 0 saturated heterocycles. The summed E-state index contributed by atoms with van der Waals surface area (Å²) in [6.07, 6.45) is 3.68. The first-order valence-electron chi connectivity index (χ1n) is 11.8. The van der Waals surface area contributed by atoms with Gasteiger partial charge in [-0.1, -0.05) is 0 Å². The molecule has 1 aliphatic carbocycles. The topological polar surface area (TPSA) is 81.4 Å². The van der Waals surface area contributed by atoms with Crippen LogP contribution in [0, 0.1) is 0 Å². The van der Waals surface area contributed by atoms with Crippen LogP contribution in [0.1, 0.15) is 47.1 Å². The van der Waals surface area contributed by atoms with Crippen molar-refractivity contribution in [3.63, 3.8) is 0 Å². The average molecular weight is 492 g/mol. The van der Waals surface area contributed by atoms with Crippen LogP contribution >= 0.6 is 11.8 Å². The number of nitrogens with one attached hydrogen (secondary N) is 1. The first-order valence-corrected chi connectivity index (χ1v) is 12.1. The van der Waals surface area contributed by atoms with E-state index in [-0.39, 0.29) is 24.5 Å². The fourth-order valence-electron chi connectivity index (χ4n) is 5.70. The highest BCUT2D eigenvalue weighted by Gasteiger charge is 2.35. The number of carbonyl (C=O) groups is 2. The van der Waals surface area contributed by atoms with Crippen molar-refractivity contribution in [3.05, 3.63) is 46.8 Å². The summed E-state index contributed by atoms with van der Waals surface area (Å²) in [5.41, 5.74) is 8.33. The minimum atomic E-state index is -0.326. The second kappa shape index (κ2) is 7.75. The van der Waals surface area contributed by atoms with Gasteiger partial charge in [-0.05, 0) is 56.0 Å². The third kappa shape index (κ3) is 3.16. The molecule has 0 spiro atoms. The van der Waals surface area contributed by atoms with Gasteiger partial charge in [0.25, 0.3) is 11.8 Å². The van der Waals surface area contributed by atoms with Gasteiger partial charge in [0.2, 0.25) is 0 Å². The molecule has 3 heterocycles. The zero-order valence-electron chi connectivity index (χ0n) is 20.1. The Hall–Kier alpha value is -3.52. The minimum Gasteiger partial charge on any atom is -0.484 e. The van der Waals surface area contributed by atoms with Gasteiger partial charge < -0.3 is 14.6 Å². The number of aromatic nitrogens is 3. The van der Waals surface area contributed by atoms with Crippen LogP contribution in [0.25, 0.3) is 32.9 Å². The number of ether oxygens (including phenoxy) is 1. The van der Waals surface area contributed by atoms with E-state index in [2.05, 4.69) is 28.8 Å². The van der Waals surface area contributed by atoms with Gasteiger partial charge in [0.15, 0.2) is 6.61 Å². The van der Waals surface area contributed by atoms with Gasteiger partial charge in [-0.2, -0.15) is 5.10 Å². The maximum atomic E-state index is 13.2. The van der Waals surface area contributed by atoms with Crippen LogP contribution in [0.2, 0.25) is 0 Å². The molecule has 9 heteroatoms. The maximum absolute atomic E-state index is 13.2. The van der Waals surface area contributed by atoms with Crippen molar-refractivity contribution in [3.8, 4) is 16.9 Å². The number of fused-ring (bicyclic) bond motifs is 10. The van der Waals surface area contributed by atoms with E-state index in [1.54, 1.807) is 0 Å². The Kier molecular flexibility index (Phi) is 4.86. The molecule has 2 aromatic heterocycles. The van der Waals surface area contributed by atoms with E-state index in [1.165, 1.54) is 18.1 Å². The summed E-state index contributed by atoms with van der Waals surface area (Å²) in [6, 6.07) is 6.11. The average Bonchev–Trinajstić information content (AvgIpc) is 3.49. The molecule has 2 amide bonds. The number of benzene rings is 2. The third-order valence-electron chi connectivity index (χ3n) is 7.08. The number of amides is 2. The van der Waals surface area contributed by atoms with Crippen molar-refractivity contribution in [1.82, 2.24) is 24.1 Å². The zero-order chi connectivity index (χ0) is 24.6. The second-order valence-corrected chi connectivity index (χ2v) is 10.1. The zero-order valence-corrected chi connectivity index (χ0v) is 20.9. The van der Waals surface area contributed by atoms with Crippen LogP contribution in [0.4, 0.5) is 0 Å². The van der Waals surface area contributed by atoms with Crippen LogP contribution in [0.3, 0.4) is 0 Å². The molecule has 35 heavy (non-hydrogen) atoms. The number of halogens is 1. The van der Waals surface area contributed by atoms with Gasteiger partial charge in [0, 0.05) is 72.1 Å². The van der Waals surface area contributed by atoms with Crippen LogP contribution in [0.15, 0.2) is 24.4 Å². The van der Waals surface area contributed by atoms with Crippen LogP contribution in [-0.4, -0.2) is 44.2 Å². The normalized spacial score (nSPS) is 14.3. The van der Waals surface area contributed by atoms with Gasteiger partial charge in [-0.25, -0.2) is 0 Å². The Balaban J connectivity index is 1.67. The lowest BCUT2D eigenvalue weighted by Gasteiger charge is -2.22. The Bertz CT molecular complexity index is 1560. The predicted molar refractivity (Wildman–Crippen MR) is 135 cm³/mol. The Morgan fingerprint density at radius 1 is 1.26 bits per heavy atom. The molecule has 8 nitrogen and oxygen atoms in total. The largest absolute Gasteiger partial charge is 0.484 e. The van der Waals surface area contributed by atoms with Gasteiger partial charge in [0.1, 0.15) is 5.75 Å². The summed E-state index contributed by atoms with van der Waals surface area (Å²) in [7, 11) is 3.41. The van der Waals surface area contributed by atoms with Crippen molar-refractivity contribution in [2.45, 2.75) is 39.3 Å². The van der Waals surface area contributed by atoms with Crippen LogP contribution < -0.4 is 10.1 Å². The monoisotopic (exact) mass is 491 g/mol. The van der Waals surface area contributed by atoms with E-state index in [0.29, 0.717) is 12.3 Å². The molecule has 180 valence electrons. The summed E-state index contributed by atoms with van der Waals surface area (Å²) in [6.45, 7) is 4.69. The van der Waals surface area contributed by atoms with E-state index >= 15 is 0 Å². The molecule has 1 N–H and O–H groups in total. The van der Waals surface area contributed by atoms with E-state index in [0.717, 1.165) is 61.5 Å². The first kappa shape index (κ1) is 22.0. The summed E-state index contributed by atoms with van der Waals surface area (Å²) in [5.74, 6) is 0.224. The Labute approximate surface area is 207 Å². The third-order valence-corrected chi connectivity index (χ3v) is 7.27. The fraction of sp³-hybridized carbons (Fsp3) is 0.346. The summed E-state index contributed by atoms with van der Waals surface area (Å²) < 4.78 is 11.0. The quantitative estimate of drug-likeness (QED) is 0.436. The number of likely N-dealkylation sites (N-methyl/N-ethyl adjacent to an activating group) is 1. The predicted octanol–water partition coefficient (Wildman–Crippen LogP) is 4.11. The minimum absolute atomic E-state index is 0.0385. The molecule has 0 fully saturated rings. The smallest absolute Gasteiger partial charge is 0.274 e. The highest BCUT2D eigenvalue weighted by atomic mass is 35.5. The SMILES string of the molecule is CC(C)n1c2ccc(OCC(=O)N(C)Cl)cc2c2c3c(c4c(c21)CCc1nn(C)cc1-4)C(=O)NC3. The van der Waals surface area contributed by atoms with E-state index in [4.69, 9.17) is 16.5 Å². The lowest BCUT2D eigenvalue weighted by atomic mass is 9.82. The lowest BCUT2D eigenvalue weighted by molar-refractivity contribution is -0.127. The molecule has 0 bridgehead atoms. The summed E-state index contributed by atoms with van der Waals surface area (Å²) in [5, 5.41) is 9.83. The highest BCUT2D eigenvalue weighted by Crippen LogP contribution is 2.47. The molecule has 2 aromatic carbocycles. The number of hydrogen-bond donors (Lipinski definition) is 1. The van der Waals surface area contributed by atoms with Gasteiger partial charge >= 0.3 is 0 Å². The number of aryl methyl sites for hydroxylation is 3. The summed E-state index contributed by atoms with van der Waals surface area (Å²) >= 11 is 5.74. The molecule has 2 aliphatic rings. The van der Waals surface area contributed by atoms with Gasteiger partial charge in [0.05, 0.1) is 16.8 Å². The molecular weight excluding hydrogens is 466 g/mol. The van der Waals surface area contributed by atoms with Crippen molar-refractivity contribution < 1.29 is 14.3 Å². The maximum Gasteiger partial charge on any atom is 0.274 e. The first-order chi connectivity index (χ1) is 16.8. The van der Waals surface area contributed by atoms with E-state index in [1.807, 2.05) is 36.1 Å². The van der Waals surface area contributed by atoms with Crippen molar-refractivity contribution in [2.75, 3.05) is 13.7 Å². The van der Waals surface area contributed by atoms with Crippen molar-refractivity contribution >= 4 is 45.4 Å². The van der Waals surface area contributed by atoms with E-state index in [9.17, 15) is 9.59 Å². The van der Waals surface area contributed by atoms with Gasteiger partial charge in [-0.3, -0.25) is 18.7 Å². The summed E-state index contributed by atoms with van der Waals surface area (Å²) in [4.78, 5) is 25.1. The molecule has 4 aromatic rings. The standard InChI is InChI=1S/C26H26ClN5O3/c1-13(2)32-20-8-5-14(35-12-21(33)31(4)27)9-16(20)23-17-10-28-26(34)24(17)22-15(25(23)32)6-7-19-18(22)11-30(3)29-19/h5,8-9,11,13H,6-7,10,12H2,1-4H3,(H,28,34). The molecular formula is C26H26ClN5O3. The number of carbonyl (C=O) groups excluding carboxylic acids is 2.